The number of carbonyl (C=O) groups is 1. The van der Waals surface area contributed by atoms with Gasteiger partial charge in [0.15, 0.2) is 5.82 Å². The zero-order chi connectivity index (χ0) is 21.0. The molecule has 3 rings (SSSR count). The number of carbonyl (C=O) groups excluding carboxylic acids is 1. The van der Waals surface area contributed by atoms with Crippen molar-refractivity contribution >= 4 is 55.8 Å². The van der Waals surface area contributed by atoms with Crippen LogP contribution in [0.3, 0.4) is 0 Å². The minimum absolute atomic E-state index is 0.00292. The molecule has 0 aliphatic heterocycles. The second-order valence-corrected chi connectivity index (χ2v) is 6.95. The zero-order valence-electron chi connectivity index (χ0n) is 15.3. The van der Waals surface area contributed by atoms with E-state index in [9.17, 15) is 4.79 Å². The van der Waals surface area contributed by atoms with Gasteiger partial charge in [0, 0.05) is 12.7 Å². The number of anilines is 2. The Labute approximate surface area is 179 Å². The van der Waals surface area contributed by atoms with E-state index in [2.05, 4.69) is 38.3 Å². The molecule has 0 aliphatic rings. The third-order valence-electron chi connectivity index (χ3n) is 4.00. The van der Waals surface area contributed by atoms with Crippen molar-refractivity contribution in [2.75, 3.05) is 18.5 Å². The van der Waals surface area contributed by atoms with Gasteiger partial charge in [-0.05, 0) is 39.7 Å². The average molecular weight is 484 g/mol. The van der Waals surface area contributed by atoms with Crippen LogP contribution < -0.4 is 10.8 Å². The number of para-hydroxylation sites is 1. The van der Waals surface area contributed by atoms with Crippen LogP contribution in [0.5, 0.6) is 0 Å². The fourth-order valence-electron chi connectivity index (χ4n) is 2.67. The predicted molar refractivity (Wildman–Crippen MR) is 113 cm³/mol. The monoisotopic (exact) mass is 482 g/mol. The molecule has 0 aliphatic carbocycles. The van der Waals surface area contributed by atoms with Crippen molar-refractivity contribution in [1.82, 2.24) is 15.0 Å². The number of hydrogen-bond donors (Lipinski definition) is 2. The molecule has 29 heavy (non-hydrogen) atoms. The van der Waals surface area contributed by atoms with Crippen molar-refractivity contribution in [3.05, 3.63) is 64.3 Å². The summed E-state index contributed by atoms with van der Waals surface area (Å²) >= 11 is 9.47. The van der Waals surface area contributed by atoms with Crippen molar-refractivity contribution in [3.63, 3.8) is 0 Å². The smallest absolute Gasteiger partial charge is 0.278 e. The molecule has 0 bridgehead atoms. The summed E-state index contributed by atoms with van der Waals surface area (Å²) in [6, 6.07) is 8.88. The van der Waals surface area contributed by atoms with E-state index in [-0.39, 0.29) is 35.3 Å². The number of aryl methyl sites for hydroxylation is 1. The predicted octanol–water partition coefficient (Wildman–Crippen LogP) is 4.69. The van der Waals surface area contributed by atoms with Gasteiger partial charge in [-0.15, -0.1) is 0 Å². The third kappa shape index (κ3) is 4.36. The quantitative estimate of drug-likeness (QED) is 0.276. The number of nitrogens with zero attached hydrogens (tertiary/aromatic N) is 2. The van der Waals surface area contributed by atoms with Gasteiger partial charge in [-0.1, -0.05) is 24.8 Å². The molecular formula is C19H17BrClFN4O3. The average Bonchev–Trinajstić information content (AvgIpc) is 3.01. The lowest BCUT2D eigenvalue weighted by Gasteiger charge is -2.16. The SMILES string of the molecule is C=COCCONC(=O)c1c(Nc2ccccc2)c(F)c2nc(Cl)n(C)c2c1Br. The minimum Gasteiger partial charge on any atom is -0.499 e. The van der Waals surface area contributed by atoms with Crippen molar-refractivity contribution in [2.45, 2.75) is 0 Å². The Balaban J connectivity index is 2.05. The Morgan fingerprint density at radius 1 is 1.38 bits per heavy atom. The van der Waals surface area contributed by atoms with E-state index in [4.69, 9.17) is 21.2 Å². The van der Waals surface area contributed by atoms with Gasteiger partial charge in [0.2, 0.25) is 5.28 Å². The van der Waals surface area contributed by atoms with Gasteiger partial charge in [-0.3, -0.25) is 9.63 Å². The van der Waals surface area contributed by atoms with Crippen molar-refractivity contribution in [1.29, 1.82) is 0 Å². The van der Waals surface area contributed by atoms with Gasteiger partial charge >= 0.3 is 0 Å². The van der Waals surface area contributed by atoms with E-state index >= 15 is 4.39 Å². The fourth-order valence-corrected chi connectivity index (χ4v) is 3.67. The number of benzene rings is 2. The molecule has 0 fully saturated rings. The van der Waals surface area contributed by atoms with Crippen LogP contribution in [-0.2, 0) is 16.6 Å². The van der Waals surface area contributed by atoms with Gasteiger partial charge in [-0.2, -0.15) is 0 Å². The number of fused-ring (bicyclic) bond motifs is 1. The van der Waals surface area contributed by atoms with Gasteiger partial charge in [0.1, 0.15) is 18.7 Å². The summed E-state index contributed by atoms with van der Waals surface area (Å²) in [5.41, 5.74) is 3.19. The standard InChI is InChI=1S/C19H17BrClFN4O3/c1-3-28-9-10-29-25-18(27)12-13(20)17-16(24-19(21)26(17)2)14(22)15(12)23-11-7-5-4-6-8-11/h3-8,23H,1,9-10H2,2H3,(H,25,27). The number of nitrogens with one attached hydrogen (secondary N) is 2. The molecule has 1 heterocycles. The van der Waals surface area contributed by atoms with Crippen LogP contribution in [0.25, 0.3) is 11.0 Å². The van der Waals surface area contributed by atoms with Crippen LogP contribution in [-0.4, -0.2) is 28.7 Å². The molecule has 0 radical (unpaired) electrons. The van der Waals surface area contributed by atoms with Crippen LogP contribution in [0.2, 0.25) is 5.28 Å². The second kappa shape index (κ2) is 9.25. The first-order valence-electron chi connectivity index (χ1n) is 8.45. The largest absolute Gasteiger partial charge is 0.499 e. The first-order chi connectivity index (χ1) is 14.0. The zero-order valence-corrected chi connectivity index (χ0v) is 17.7. The van der Waals surface area contributed by atoms with Crippen molar-refractivity contribution in [2.24, 2.45) is 7.05 Å². The Morgan fingerprint density at radius 2 is 2.10 bits per heavy atom. The number of hydroxylamine groups is 1. The summed E-state index contributed by atoms with van der Waals surface area (Å²) in [6.45, 7) is 3.69. The number of aromatic nitrogens is 2. The maximum Gasteiger partial charge on any atom is 0.278 e. The Kier molecular flexibility index (Phi) is 6.73. The number of halogens is 3. The highest BCUT2D eigenvalue weighted by atomic mass is 79.9. The molecule has 2 N–H and O–H groups in total. The lowest BCUT2D eigenvalue weighted by atomic mass is 10.1. The molecule has 1 aromatic heterocycles. The molecule has 0 unspecified atom stereocenters. The Hall–Kier alpha value is -2.62. The maximum atomic E-state index is 15.4. The highest BCUT2D eigenvalue weighted by Crippen LogP contribution is 2.38. The molecular weight excluding hydrogens is 467 g/mol. The second-order valence-electron chi connectivity index (χ2n) is 5.82. The summed E-state index contributed by atoms with van der Waals surface area (Å²) < 4.78 is 22.1. The van der Waals surface area contributed by atoms with Gasteiger partial charge in [-0.25, -0.2) is 14.9 Å². The van der Waals surface area contributed by atoms with E-state index in [1.54, 1.807) is 31.3 Å². The number of imidazole rings is 1. The van der Waals surface area contributed by atoms with Gasteiger partial charge in [0.25, 0.3) is 5.91 Å². The van der Waals surface area contributed by atoms with E-state index in [0.717, 1.165) is 0 Å². The van der Waals surface area contributed by atoms with Crippen LogP contribution in [0.4, 0.5) is 15.8 Å². The molecule has 0 saturated heterocycles. The summed E-state index contributed by atoms with van der Waals surface area (Å²) in [6.07, 6.45) is 1.26. The fraction of sp³-hybridized carbons (Fsp3) is 0.158. The molecule has 0 saturated carbocycles. The first kappa shape index (κ1) is 21.1. The Bertz CT molecular complexity index is 1060. The summed E-state index contributed by atoms with van der Waals surface area (Å²) in [5, 5.41) is 3.03. The lowest BCUT2D eigenvalue weighted by molar-refractivity contribution is 0.0144. The van der Waals surface area contributed by atoms with Crippen LogP contribution in [0, 0.1) is 5.82 Å². The molecule has 152 valence electrons. The molecule has 3 aromatic rings. The maximum absolute atomic E-state index is 15.4. The highest BCUT2D eigenvalue weighted by molar-refractivity contribution is 9.10. The van der Waals surface area contributed by atoms with E-state index < -0.39 is 11.7 Å². The van der Waals surface area contributed by atoms with E-state index in [1.807, 2.05) is 6.07 Å². The normalized spacial score (nSPS) is 10.8. The molecule has 10 heteroatoms. The molecule has 0 spiro atoms. The molecule has 7 nitrogen and oxygen atoms in total. The first-order valence-corrected chi connectivity index (χ1v) is 9.62. The molecule has 0 atom stereocenters. The summed E-state index contributed by atoms with van der Waals surface area (Å²) in [7, 11) is 1.62. The van der Waals surface area contributed by atoms with E-state index in [1.165, 1.54) is 10.8 Å². The molecule has 1 amide bonds. The topological polar surface area (TPSA) is 77.4 Å². The Morgan fingerprint density at radius 3 is 2.79 bits per heavy atom. The summed E-state index contributed by atoms with van der Waals surface area (Å²) in [4.78, 5) is 22.0. The molecule has 2 aromatic carbocycles. The summed E-state index contributed by atoms with van der Waals surface area (Å²) in [5.74, 6) is -1.37. The number of amides is 1. The number of ether oxygens (including phenoxy) is 1. The highest BCUT2D eigenvalue weighted by Gasteiger charge is 2.27. The number of hydrogen-bond acceptors (Lipinski definition) is 5. The van der Waals surface area contributed by atoms with Crippen molar-refractivity contribution in [3.8, 4) is 0 Å². The van der Waals surface area contributed by atoms with Crippen LogP contribution in [0.15, 0.2) is 47.6 Å². The number of rotatable bonds is 8. The third-order valence-corrected chi connectivity index (χ3v) is 5.11. The van der Waals surface area contributed by atoms with Crippen molar-refractivity contribution < 1.29 is 18.8 Å². The lowest BCUT2D eigenvalue weighted by Crippen LogP contribution is -2.27. The van der Waals surface area contributed by atoms with E-state index in [0.29, 0.717) is 15.7 Å². The van der Waals surface area contributed by atoms with Gasteiger partial charge in [0.05, 0.1) is 27.5 Å². The minimum atomic E-state index is -0.713. The van der Waals surface area contributed by atoms with Gasteiger partial charge < -0.3 is 14.6 Å². The van der Waals surface area contributed by atoms with Crippen LogP contribution in [0.1, 0.15) is 10.4 Å². The van der Waals surface area contributed by atoms with Crippen LogP contribution >= 0.6 is 27.5 Å².